The summed E-state index contributed by atoms with van der Waals surface area (Å²) in [7, 11) is 0. The van der Waals surface area contributed by atoms with Crippen molar-refractivity contribution < 1.29 is 14.6 Å². The summed E-state index contributed by atoms with van der Waals surface area (Å²) in [4.78, 5) is 11.9. The number of fused-ring (bicyclic) bond motifs is 7. The van der Waals surface area contributed by atoms with Crippen molar-refractivity contribution in [2.45, 2.75) is 118 Å². The van der Waals surface area contributed by atoms with Gasteiger partial charge in [-0.1, -0.05) is 65.3 Å². The van der Waals surface area contributed by atoms with Gasteiger partial charge in [0.25, 0.3) is 0 Å². The second kappa shape index (κ2) is 7.46. The van der Waals surface area contributed by atoms with E-state index in [1.807, 2.05) is 0 Å². The average molecular weight is 469 g/mol. The Kier molecular flexibility index (Phi) is 5.40. The number of ether oxygens (including phenoxy) is 1. The van der Waals surface area contributed by atoms with Gasteiger partial charge < -0.3 is 9.84 Å². The van der Waals surface area contributed by atoms with Gasteiger partial charge in [0.05, 0.1) is 5.60 Å². The van der Waals surface area contributed by atoms with Crippen LogP contribution in [0.3, 0.4) is 0 Å². The summed E-state index contributed by atoms with van der Waals surface area (Å²) in [5, 5.41) is 11.8. The lowest BCUT2D eigenvalue weighted by molar-refractivity contribution is -0.214. The second-order valence-corrected chi connectivity index (χ2v) is 14.3. The molecule has 4 saturated carbocycles. The van der Waals surface area contributed by atoms with Crippen LogP contribution in [0.5, 0.6) is 0 Å². The van der Waals surface area contributed by atoms with E-state index in [2.05, 4.69) is 54.2 Å². The van der Waals surface area contributed by atoms with Crippen LogP contribution in [0.1, 0.15) is 106 Å². The van der Waals surface area contributed by atoms with Crippen molar-refractivity contribution in [3.63, 3.8) is 0 Å². The Hall–Kier alpha value is -1.09. The topological polar surface area (TPSA) is 46.5 Å². The van der Waals surface area contributed by atoms with Crippen molar-refractivity contribution in [2.24, 2.45) is 45.3 Å². The maximum Gasteiger partial charge on any atom is 0.302 e. The fourth-order valence-electron chi connectivity index (χ4n) is 10.6. The third kappa shape index (κ3) is 3.01. The molecule has 5 aliphatic rings. The normalized spacial score (nSPS) is 51.8. The molecule has 0 spiro atoms. The highest BCUT2D eigenvalue weighted by Crippen LogP contribution is 2.74. The molecule has 3 nitrogen and oxygen atoms in total. The lowest BCUT2D eigenvalue weighted by atomic mass is 9.34. The van der Waals surface area contributed by atoms with Gasteiger partial charge >= 0.3 is 5.97 Å². The number of hydrogen-bond acceptors (Lipinski definition) is 3. The first-order valence-electron chi connectivity index (χ1n) is 14.0. The largest absolute Gasteiger partial charge is 0.462 e. The number of esters is 1. The van der Waals surface area contributed by atoms with Crippen molar-refractivity contribution in [1.29, 1.82) is 0 Å². The van der Waals surface area contributed by atoms with Crippen LogP contribution in [0, 0.1) is 45.3 Å². The number of rotatable bonds is 1. The van der Waals surface area contributed by atoms with Crippen molar-refractivity contribution in [2.75, 3.05) is 0 Å². The van der Waals surface area contributed by atoms with Gasteiger partial charge in [-0.05, 0) is 91.8 Å². The fourth-order valence-corrected chi connectivity index (χ4v) is 10.6. The first-order valence-corrected chi connectivity index (χ1v) is 14.0. The predicted molar refractivity (Wildman–Crippen MR) is 137 cm³/mol. The monoisotopic (exact) mass is 468 g/mol. The maximum absolute atomic E-state index is 11.9. The molecule has 0 heterocycles. The van der Waals surface area contributed by atoms with Crippen molar-refractivity contribution in [3.8, 4) is 0 Å². The van der Waals surface area contributed by atoms with Gasteiger partial charge in [-0.25, -0.2) is 0 Å². The number of allylic oxidation sites excluding steroid dienone is 2. The quantitative estimate of drug-likeness (QED) is 0.326. The predicted octanol–water partition coefficient (Wildman–Crippen LogP) is 7.24. The molecule has 0 aromatic heterocycles. The first-order chi connectivity index (χ1) is 15.7. The summed E-state index contributed by atoms with van der Waals surface area (Å²) >= 11 is 0. The number of hydrogen-bond donors (Lipinski definition) is 1. The Morgan fingerprint density at radius 3 is 2.41 bits per heavy atom. The van der Waals surface area contributed by atoms with Crippen LogP contribution in [-0.2, 0) is 9.53 Å². The molecule has 0 amide bonds. The van der Waals surface area contributed by atoms with E-state index in [4.69, 9.17) is 4.74 Å². The Labute approximate surface area is 207 Å². The van der Waals surface area contributed by atoms with E-state index in [-0.39, 0.29) is 39.7 Å². The van der Waals surface area contributed by atoms with Gasteiger partial charge in [-0.2, -0.15) is 0 Å². The van der Waals surface area contributed by atoms with E-state index in [0.29, 0.717) is 17.8 Å². The summed E-state index contributed by atoms with van der Waals surface area (Å²) < 4.78 is 5.87. The van der Waals surface area contributed by atoms with Gasteiger partial charge in [0.15, 0.2) is 0 Å². The van der Waals surface area contributed by atoms with E-state index < -0.39 is 5.60 Å². The minimum atomic E-state index is -0.555. The summed E-state index contributed by atoms with van der Waals surface area (Å²) in [6, 6.07) is 0. The van der Waals surface area contributed by atoms with Crippen molar-refractivity contribution >= 4 is 5.97 Å². The molecule has 34 heavy (non-hydrogen) atoms. The van der Waals surface area contributed by atoms with Crippen LogP contribution >= 0.6 is 0 Å². The van der Waals surface area contributed by atoms with Gasteiger partial charge in [0.2, 0.25) is 0 Å². The van der Waals surface area contributed by atoms with Crippen LogP contribution in [0.15, 0.2) is 23.8 Å². The van der Waals surface area contributed by atoms with E-state index in [9.17, 15) is 9.90 Å². The van der Waals surface area contributed by atoms with Crippen molar-refractivity contribution in [3.05, 3.63) is 23.8 Å². The molecule has 0 bridgehead atoms. The fraction of sp³-hybridized carbons (Fsp3) is 0.839. The highest BCUT2D eigenvalue weighted by atomic mass is 16.5. The van der Waals surface area contributed by atoms with Crippen LogP contribution in [-0.4, -0.2) is 22.8 Å². The standard InChI is InChI=1S/C31H48O3/c1-19-11-16-31(33)18-17-29(7)22(26(31)20(19)2)9-10-24-28(6)14-13-25(34-21(3)32)27(4,5)23(28)12-15-30(24,29)8/h9,20,23-26,33H,1,10-18H2,2-8H3/t20-,23-,24+,25-,26-,28-,29+,30+,31-/m0/s1. The Balaban J connectivity index is 1.55. The minimum Gasteiger partial charge on any atom is -0.462 e. The molecule has 0 aromatic carbocycles. The molecule has 3 heteroatoms. The smallest absolute Gasteiger partial charge is 0.302 e. The molecule has 1 N–H and O–H groups in total. The summed E-state index contributed by atoms with van der Waals surface area (Å²) in [5.41, 5.74) is 2.92. The molecule has 0 radical (unpaired) electrons. The zero-order valence-corrected chi connectivity index (χ0v) is 22.8. The third-order valence-corrected chi connectivity index (χ3v) is 12.8. The molecule has 4 fully saturated rings. The van der Waals surface area contributed by atoms with E-state index >= 15 is 0 Å². The first kappa shape index (κ1) is 24.6. The molecule has 0 unspecified atom stereocenters. The highest BCUT2D eigenvalue weighted by molar-refractivity contribution is 5.66. The molecular formula is C31H48O3. The molecular weight excluding hydrogens is 420 g/mol. The molecule has 0 aromatic rings. The molecule has 0 saturated heterocycles. The van der Waals surface area contributed by atoms with Crippen molar-refractivity contribution in [1.82, 2.24) is 0 Å². The van der Waals surface area contributed by atoms with Crippen LogP contribution in [0.25, 0.3) is 0 Å². The number of carbonyl (C=O) groups excluding carboxylic acids is 1. The molecule has 5 aliphatic carbocycles. The maximum atomic E-state index is 11.9. The molecule has 190 valence electrons. The zero-order valence-electron chi connectivity index (χ0n) is 22.8. The minimum absolute atomic E-state index is 0.00661. The number of carbonyl (C=O) groups is 1. The van der Waals surface area contributed by atoms with Gasteiger partial charge in [0.1, 0.15) is 6.10 Å². The highest BCUT2D eigenvalue weighted by Gasteiger charge is 2.68. The number of aliphatic hydroxyl groups is 1. The Bertz CT molecular complexity index is 931. The van der Waals surface area contributed by atoms with Gasteiger partial charge in [-0.15, -0.1) is 0 Å². The van der Waals surface area contributed by atoms with E-state index in [1.54, 1.807) is 12.5 Å². The van der Waals surface area contributed by atoms with Crippen LogP contribution < -0.4 is 0 Å². The molecule has 9 atom stereocenters. The van der Waals surface area contributed by atoms with Gasteiger partial charge in [-0.3, -0.25) is 4.79 Å². The van der Waals surface area contributed by atoms with Crippen LogP contribution in [0.2, 0.25) is 0 Å². The summed E-state index contributed by atoms with van der Waals surface area (Å²) in [6.07, 6.45) is 12.1. The van der Waals surface area contributed by atoms with Crippen LogP contribution in [0.4, 0.5) is 0 Å². The summed E-state index contributed by atoms with van der Waals surface area (Å²) in [5.74, 6) is 1.63. The van der Waals surface area contributed by atoms with Gasteiger partial charge in [0, 0.05) is 18.3 Å². The van der Waals surface area contributed by atoms with E-state index in [0.717, 1.165) is 44.9 Å². The second-order valence-electron chi connectivity index (χ2n) is 14.3. The third-order valence-electron chi connectivity index (χ3n) is 12.8. The summed E-state index contributed by atoms with van der Waals surface area (Å²) in [6.45, 7) is 20.7. The molecule has 0 aliphatic heterocycles. The zero-order chi connectivity index (χ0) is 24.9. The SMILES string of the molecule is C=C1CC[C@]2(O)CC[C@]3(C)C(=CC[C@@H]4[C@@]5(C)CC[C@H](OC(C)=O)C(C)(C)[C@@H]5CC[C@]43C)[C@@H]2[C@H]1C. The Morgan fingerprint density at radius 1 is 1.03 bits per heavy atom. The average Bonchev–Trinajstić information content (AvgIpc) is 2.74. The lowest BCUT2D eigenvalue weighted by Crippen LogP contribution is -2.65. The lowest BCUT2D eigenvalue weighted by Gasteiger charge is -2.71. The Morgan fingerprint density at radius 2 is 1.74 bits per heavy atom. The molecule has 5 rings (SSSR count). The van der Waals surface area contributed by atoms with E-state index in [1.165, 1.54) is 18.4 Å².